The van der Waals surface area contributed by atoms with Gasteiger partial charge in [-0.05, 0) is 38.8 Å². The molecule has 0 aromatic carbocycles. The molecule has 0 unspecified atom stereocenters. The highest BCUT2D eigenvalue weighted by Gasteiger charge is 2.25. The van der Waals surface area contributed by atoms with Crippen LogP contribution in [-0.4, -0.2) is 40.8 Å². The Kier molecular flexibility index (Phi) is 4.35. The van der Waals surface area contributed by atoms with Crippen molar-refractivity contribution < 1.29 is 9.00 Å². The maximum Gasteiger partial charge on any atom is 0.223 e. The highest BCUT2D eigenvalue weighted by Crippen LogP contribution is 2.14. The van der Waals surface area contributed by atoms with E-state index in [1.165, 1.54) is 0 Å². The topological polar surface area (TPSA) is 58.2 Å². The third kappa shape index (κ3) is 3.28. The van der Waals surface area contributed by atoms with Crippen LogP contribution in [0.5, 0.6) is 0 Å². The van der Waals surface area contributed by atoms with E-state index >= 15 is 0 Å². The molecule has 0 saturated carbocycles. The number of carbonyl (C=O) groups excluding carboxylic acids is 1. The fourth-order valence-electron chi connectivity index (χ4n) is 2.34. The van der Waals surface area contributed by atoms with Crippen LogP contribution >= 0.6 is 0 Å². The number of amides is 1. The van der Waals surface area contributed by atoms with Crippen molar-refractivity contribution in [1.29, 1.82) is 0 Å². The lowest BCUT2D eigenvalue weighted by Gasteiger charge is -2.27. The van der Waals surface area contributed by atoms with Crippen molar-refractivity contribution in [3.63, 3.8) is 0 Å². The van der Waals surface area contributed by atoms with Crippen LogP contribution < -0.4 is 10.6 Å². The average molecular weight is 244 g/mol. The summed E-state index contributed by atoms with van der Waals surface area (Å²) in [6.45, 7) is 1.90. The van der Waals surface area contributed by atoms with Crippen LogP contribution in [0.2, 0.25) is 0 Å². The Balaban J connectivity index is 1.75. The third-order valence-electron chi connectivity index (χ3n) is 3.44. The minimum absolute atomic E-state index is 0.189. The van der Waals surface area contributed by atoms with Crippen LogP contribution in [0.25, 0.3) is 0 Å². The minimum Gasteiger partial charge on any atom is -0.353 e. The summed E-state index contributed by atoms with van der Waals surface area (Å²) in [6.07, 6.45) is 3.65. The molecule has 0 spiro atoms. The fraction of sp³-hybridized carbons (Fsp3) is 0.909. The van der Waals surface area contributed by atoms with E-state index in [2.05, 4.69) is 10.6 Å². The van der Waals surface area contributed by atoms with E-state index in [4.69, 9.17) is 0 Å². The molecule has 2 aliphatic rings. The van der Waals surface area contributed by atoms with E-state index < -0.39 is 10.8 Å². The van der Waals surface area contributed by atoms with E-state index in [0.717, 1.165) is 50.3 Å². The van der Waals surface area contributed by atoms with Crippen molar-refractivity contribution in [1.82, 2.24) is 10.6 Å². The van der Waals surface area contributed by atoms with Crippen LogP contribution in [0.1, 0.15) is 25.7 Å². The Hall–Kier alpha value is -0.420. The first-order valence-electron chi connectivity index (χ1n) is 6.12. The van der Waals surface area contributed by atoms with Crippen LogP contribution in [0.4, 0.5) is 0 Å². The first-order valence-corrected chi connectivity index (χ1v) is 7.60. The zero-order chi connectivity index (χ0) is 11.4. The Labute approximate surface area is 99.0 Å². The number of carbonyl (C=O) groups is 1. The van der Waals surface area contributed by atoms with E-state index in [0.29, 0.717) is 0 Å². The maximum atomic E-state index is 11.9. The standard InChI is InChI=1S/C11H20N2O2S/c14-11(9-1-5-12-6-2-9)13-10-3-7-16(15)8-4-10/h9-10,12H,1-8H2,(H,13,14). The molecule has 2 aliphatic heterocycles. The van der Waals surface area contributed by atoms with Gasteiger partial charge in [-0.25, -0.2) is 0 Å². The van der Waals surface area contributed by atoms with Crippen molar-refractivity contribution in [2.24, 2.45) is 5.92 Å². The molecule has 16 heavy (non-hydrogen) atoms. The van der Waals surface area contributed by atoms with Gasteiger partial charge in [0.1, 0.15) is 0 Å². The summed E-state index contributed by atoms with van der Waals surface area (Å²) < 4.78 is 11.2. The van der Waals surface area contributed by atoms with Gasteiger partial charge in [0.05, 0.1) is 0 Å². The van der Waals surface area contributed by atoms with E-state index in [1.807, 2.05) is 0 Å². The van der Waals surface area contributed by atoms with Crippen molar-refractivity contribution >= 4 is 16.7 Å². The molecular weight excluding hydrogens is 224 g/mol. The lowest BCUT2D eigenvalue weighted by Crippen LogP contribution is -2.44. The second kappa shape index (κ2) is 5.77. The summed E-state index contributed by atoms with van der Waals surface area (Å²) >= 11 is 0. The number of hydrogen-bond acceptors (Lipinski definition) is 3. The van der Waals surface area contributed by atoms with E-state index in [1.54, 1.807) is 0 Å². The molecule has 2 heterocycles. The molecule has 92 valence electrons. The number of hydrogen-bond donors (Lipinski definition) is 2. The van der Waals surface area contributed by atoms with Gasteiger partial charge in [-0.2, -0.15) is 0 Å². The Morgan fingerprint density at radius 1 is 1.12 bits per heavy atom. The van der Waals surface area contributed by atoms with Gasteiger partial charge in [0.15, 0.2) is 0 Å². The fourth-order valence-corrected chi connectivity index (χ4v) is 3.64. The molecule has 0 aromatic heterocycles. The van der Waals surface area contributed by atoms with Crippen LogP contribution in [0.3, 0.4) is 0 Å². The molecular formula is C11H20N2O2S. The van der Waals surface area contributed by atoms with Gasteiger partial charge in [-0.1, -0.05) is 0 Å². The predicted octanol–water partition coefficient (Wildman–Crippen LogP) is 0.0133. The van der Waals surface area contributed by atoms with E-state index in [9.17, 15) is 9.00 Å². The first kappa shape index (κ1) is 12.0. The van der Waals surface area contributed by atoms with Gasteiger partial charge in [0.25, 0.3) is 0 Å². The molecule has 2 fully saturated rings. The third-order valence-corrected chi connectivity index (χ3v) is 4.83. The highest BCUT2D eigenvalue weighted by atomic mass is 32.2. The SMILES string of the molecule is O=C(NC1CCS(=O)CC1)C1CCNCC1. The van der Waals surface area contributed by atoms with Crippen molar-refractivity contribution in [2.45, 2.75) is 31.7 Å². The smallest absolute Gasteiger partial charge is 0.223 e. The molecule has 0 aromatic rings. The second-order valence-corrected chi connectivity index (χ2v) is 6.35. The Morgan fingerprint density at radius 2 is 1.75 bits per heavy atom. The zero-order valence-corrected chi connectivity index (χ0v) is 10.4. The maximum absolute atomic E-state index is 11.9. The molecule has 2 rings (SSSR count). The summed E-state index contributed by atoms with van der Waals surface area (Å²) in [4.78, 5) is 11.9. The summed E-state index contributed by atoms with van der Waals surface area (Å²) in [5, 5.41) is 6.37. The molecule has 2 saturated heterocycles. The van der Waals surface area contributed by atoms with Gasteiger partial charge >= 0.3 is 0 Å². The molecule has 4 nitrogen and oxygen atoms in total. The monoisotopic (exact) mass is 244 g/mol. The van der Waals surface area contributed by atoms with Crippen molar-refractivity contribution in [3.8, 4) is 0 Å². The molecule has 0 aliphatic carbocycles. The second-order valence-electron chi connectivity index (χ2n) is 4.66. The predicted molar refractivity (Wildman–Crippen MR) is 64.6 cm³/mol. The Bertz CT molecular complexity index is 267. The summed E-state index contributed by atoms with van der Waals surface area (Å²) in [5.74, 6) is 1.89. The number of piperidine rings is 1. The molecule has 0 atom stereocenters. The number of rotatable bonds is 2. The zero-order valence-electron chi connectivity index (χ0n) is 9.54. The average Bonchev–Trinajstić information content (AvgIpc) is 2.33. The van der Waals surface area contributed by atoms with Gasteiger partial charge < -0.3 is 10.6 Å². The lowest BCUT2D eigenvalue weighted by atomic mass is 9.96. The van der Waals surface area contributed by atoms with Gasteiger partial charge in [0.2, 0.25) is 5.91 Å². The van der Waals surface area contributed by atoms with Crippen molar-refractivity contribution in [3.05, 3.63) is 0 Å². The van der Waals surface area contributed by atoms with Crippen LogP contribution in [0, 0.1) is 5.92 Å². The molecule has 0 bridgehead atoms. The summed E-state index contributed by atoms with van der Waals surface area (Å²) in [7, 11) is -0.642. The van der Waals surface area contributed by atoms with Crippen LogP contribution in [0.15, 0.2) is 0 Å². The molecule has 1 amide bonds. The summed E-state index contributed by atoms with van der Waals surface area (Å²) in [5.41, 5.74) is 0. The summed E-state index contributed by atoms with van der Waals surface area (Å²) in [6, 6.07) is 0.264. The van der Waals surface area contributed by atoms with Crippen molar-refractivity contribution in [2.75, 3.05) is 24.6 Å². The van der Waals surface area contributed by atoms with Gasteiger partial charge in [0, 0.05) is 34.3 Å². The molecule has 5 heteroatoms. The largest absolute Gasteiger partial charge is 0.353 e. The first-order chi connectivity index (χ1) is 7.75. The van der Waals surface area contributed by atoms with Gasteiger partial charge in [-0.15, -0.1) is 0 Å². The Morgan fingerprint density at radius 3 is 2.38 bits per heavy atom. The lowest BCUT2D eigenvalue weighted by molar-refractivity contribution is -0.126. The van der Waals surface area contributed by atoms with E-state index in [-0.39, 0.29) is 17.9 Å². The molecule has 2 N–H and O–H groups in total. The van der Waals surface area contributed by atoms with Crippen LogP contribution in [-0.2, 0) is 15.6 Å². The highest BCUT2D eigenvalue weighted by molar-refractivity contribution is 7.85. The van der Waals surface area contributed by atoms with Gasteiger partial charge in [-0.3, -0.25) is 9.00 Å². The minimum atomic E-state index is -0.642. The quantitative estimate of drug-likeness (QED) is 0.719. The number of nitrogens with one attached hydrogen (secondary N) is 2. The molecule has 0 radical (unpaired) electrons. The normalized spacial score (nSPS) is 32.2.